The highest BCUT2D eigenvalue weighted by Crippen LogP contribution is 2.26. The lowest BCUT2D eigenvalue weighted by Gasteiger charge is -2.11. The highest BCUT2D eigenvalue weighted by molar-refractivity contribution is 7.89. The zero-order valence-corrected chi connectivity index (χ0v) is 17.0. The predicted octanol–water partition coefficient (Wildman–Crippen LogP) is 3.36. The molecule has 0 unspecified atom stereocenters. The Hall–Kier alpha value is -3.56. The lowest BCUT2D eigenvalue weighted by atomic mass is 10.2. The van der Waals surface area contributed by atoms with E-state index in [2.05, 4.69) is 9.97 Å². The summed E-state index contributed by atoms with van der Waals surface area (Å²) in [5.74, 6) is 0.0283. The van der Waals surface area contributed by atoms with Crippen molar-refractivity contribution in [2.24, 2.45) is 0 Å². The van der Waals surface area contributed by atoms with Crippen LogP contribution in [-0.2, 0) is 10.0 Å². The molecule has 2 aromatic heterocycles. The van der Waals surface area contributed by atoms with Crippen LogP contribution in [0.5, 0.6) is 5.75 Å². The molecule has 0 aliphatic rings. The Bertz CT molecular complexity index is 1310. The number of oxazole rings is 1. The molecule has 0 radical (unpaired) electrons. The molecule has 0 bridgehead atoms. The Kier molecular flexibility index (Phi) is 5.06. The van der Waals surface area contributed by atoms with E-state index in [-0.39, 0.29) is 16.2 Å². The van der Waals surface area contributed by atoms with E-state index in [1.807, 2.05) is 6.07 Å². The second kappa shape index (κ2) is 7.69. The summed E-state index contributed by atoms with van der Waals surface area (Å²) in [5.41, 5.74) is 1.88. The van der Waals surface area contributed by atoms with Gasteiger partial charge in [0.25, 0.3) is 0 Å². The second-order valence-electron chi connectivity index (χ2n) is 6.56. The van der Waals surface area contributed by atoms with Crippen molar-refractivity contribution in [2.45, 2.75) is 4.90 Å². The molecule has 30 heavy (non-hydrogen) atoms. The normalized spacial score (nSPS) is 11.7. The molecule has 152 valence electrons. The van der Waals surface area contributed by atoms with Crippen LogP contribution in [0.2, 0.25) is 0 Å². The zero-order chi connectivity index (χ0) is 21.3. The molecule has 2 aromatic carbocycles. The largest absolute Gasteiger partial charge is 0.435 e. The Morgan fingerprint density at radius 1 is 1.03 bits per heavy atom. The number of aromatic nitrogens is 2. The van der Waals surface area contributed by atoms with Crippen LogP contribution in [0.15, 0.2) is 76.2 Å². The monoisotopic (exact) mass is 423 g/mol. The van der Waals surface area contributed by atoms with Gasteiger partial charge in [0.05, 0.1) is 10.5 Å². The minimum atomic E-state index is -3.57. The molecule has 0 amide bonds. The molecule has 0 atom stereocenters. The molecule has 0 aliphatic carbocycles. The molecular weight excluding hydrogens is 406 g/mol. The standard InChI is InChI=1S/C21H17N3O5S/c1-24(2)30(26,27)16-9-6-14(7-10-16)21(25)28-15-8-11-17-19(13-15)29-20(23-17)18-5-3-4-12-22-18/h3-13H,1-2H3. The van der Waals surface area contributed by atoms with Crippen molar-refractivity contribution in [1.82, 2.24) is 14.3 Å². The van der Waals surface area contributed by atoms with Crippen molar-refractivity contribution in [3.63, 3.8) is 0 Å². The SMILES string of the molecule is CN(C)S(=O)(=O)c1ccc(C(=O)Oc2ccc3nc(-c4ccccn4)oc3c2)cc1. The van der Waals surface area contributed by atoms with Crippen molar-refractivity contribution in [1.29, 1.82) is 0 Å². The Morgan fingerprint density at radius 3 is 2.47 bits per heavy atom. The number of esters is 1. The van der Waals surface area contributed by atoms with Gasteiger partial charge >= 0.3 is 5.97 Å². The first-order chi connectivity index (χ1) is 14.3. The quantitative estimate of drug-likeness (QED) is 0.358. The van der Waals surface area contributed by atoms with Crippen LogP contribution < -0.4 is 4.74 Å². The molecule has 0 saturated carbocycles. The molecule has 4 rings (SSSR count). The predicted molar refractivity (Wildman–Crippen MR) is 110 cm³/mol. The van der Waals surface area contributed by atoms with E-state index in [1.165, 1.54) is 38.4 Å². The summed E-state index contributed by atoms with van der Waals surface area (Å²) in [5, 5.41) is 0. The highest BCUT2D eigenvalue weighted by Gasteiger charge is 2.18. The molecule has 9 heteroatoms. The number of hydrogen-bond donors (Lipinski definition) is 0. The Balaban J connectivity index is 1.54. The van der Waals surface area contributed by atoms with Crippen LogP contribution >= 0.6 is 0 Å². The van der Waals surface area contributed by atoms with Gasteiger partial charge in [-0.25, -0.2) is 22.5 Å². The van der Waals surface area contributed by atoms with Gasteiger partial charge in [-0.05, 0) is 48.5 Å². The lowest BCUT2D eigenvalue weighted by molar-refractivity contribution is 0.0735. The summed E-state index contributed by atoms with van der Waals surface area (Å²) in [7, 11) is -0.685. The van der Waals surface area contributed by atoms with Gasteiger partial charge in [0, 0.05) is 26.4 Å². The summed E-state index contributed by atoms with van der Waals surface area (Å²) in [4.78, 5) is 21.1. The van der Waals surface area contributed by atoms with E-state index in [4.69, 9.17) is 9.15 Å². The van der Waals surface area contributed by atoms with Gasteiger partial charge in [-0.2, -0.15) is 0 Å². The third kappa shape index (κ3) is 3.80. The van der Waals surface area contributed by atoms with Gasteiger partial charge in [0.15, 0.2) is 5.58 Å². The fourth-order valence-corrected chi connectivity index (χ4v) is 3.61. The molecule has 4 aromatic rings. The number of pyridine rings is 1. The number of carbonyl (C=O) groups is 1. The first kappa shape index (κ1) is 19.7. The third-order valence-electron chi connectivity index (χ3n) is 4.32. The molecule has 0 spiro atoms. The zero-order valence-electron chi connectivity index (χ0n) is 16.1. The maximum Gasteiger partial charge on any atom is 0.343 e. The van der Waals surface area contributed by atoms with Crippen LogP contribution in [0.3, 0.4) is 0 Å². The van der Waals surface area contributed by atoms with Crippen molar-refractivity contribution < 1.29 is 22.4 Å². The fourth-order valence-electron chi connectivity index (χ4n) is 2.71. The van der Waals surface area contributed by atoms with Gasteiger partial charge < -0.3 is 9.15 Å². The van der Waals surface area contributed by atoms with Crippen LogP contribution in [-0.4, -0.2) is 42.8 Å². The minimum absolute atomic E-state index is 0.0918. The number of ether oxygens (including phenoxy) is 1. The first-order valence-corrected chi connectivity index (χ1v) is 10.4. The van der Waals surface area contributed by atoms with E-state index in [0.29, 0.717) is 22.7 Å². The average molecular weight is 423 g/mol. The highest BCUT2D eigenvalue weighted by atomic mass is 32.2. The van der Waals surface area contributed by atoms with Crippen LogP contribution in [0.4, 0.5) is 0 Å². The van der Waals surface area contributed by atoms with E-state index >= 15 is 0 Å². The molecular formula is C21H17N3O5S. The van der Waals surface area contributed by atoms with Gasteiger partial charge in [-0.1, -0.05) is 6.07 Å². The molecule has 8 nitrogen and oxygen atoms in total. The Morgan fingerprint density at radius 2 is 1.80 bits per heavy atom. The second-order valence-corrected chi connectivity index (χ2v) is 8.72. The van der Waals surface area contributed by atoms with Crippen molar-refractivity contribution in [2.75, 3.05) is 14.1 Å². The number of benzene rings is 2. The maximum atomic E-state index is 12.4. The number of nitrogens with zero attached hydrogens (tertiary/aromatic N) is 3. The summed E-state index contributed by atoms with van der Waals surface area (Å²) < 4.78 is 36.5. The smallest absolute Gasteiger partial charge is 0.343 e. The van der Waals surface area contributed by atoms with Crippen molar-refractivity contribution in [3.8, 4) is 17.3 Å². The number of sulfonamides is 1. The van der Waals surface area contributed by atoms with Crippen LogP contribution in [0.1, 0.15) is 10.4 Å². The van der Waals surface area contributed by atoms with Gasteiger partial charge in [0.2, 0.25) is 15.9 Å². The average Bonchev–Trinajstić information content (AvgIpc) is 3.18. The summed E-state index contributed by atoms with van der Waals surface area (Å²) in [6.45, 7) is 0. The number of carbonyl (C=O) groups excluding carboxylic acids is 1. The Labute approximate surface area is 172 Å². The molecule has 0 fully saturated rings. The summed E-state index contributed by atoms with van der Waals surface area (Å²) >= 11 is 0. The van der Waals surface area contributed by atoms with E-state index in [0.717, 1.165) is 4.31 Å². The number of hydrogen-bond acceptors (Lipinski definition) is 7. The fraction of sp³-hybridized carbons (Fsp3) is 0.0952. The van der Waals surface area contributed by atoms with E-state index in [9.17, 15) is 13.2 Å². The summed E-state index contributed by atoms with van der Waals surface area (Å²) in [6.07, 6.45) is 1.65. The minimum Gasteiger partial charge on any atom is -0.435 e. The molecule has 0 N–H and O–H groups in total. The van der Waals surface area contributed by atoms with Gasteiger partial charge in [-0.3, -0.25) is 4.98 Å². The topological polar surface area (TPSA) is 103 Å². The summed E-state index contributed by atoms with van der Waals surface area (Å²) in [6, 6.07) is 15.8. The van der Waals surface area contributed by atoms with Gasteiger partial charge in [0.1, 0.15) is 17.0 Å². The maximum absolute atomic E-state index is 12.4. The van der Waals surface area contributed by atoms with E-state index < -0.39 is 16.0 Å². The van der Waals surface area contributed by atoms with Crippen molar-refractivity contribution in [3.05, 3.63) is 72.4 Å². The first-order valence-electron chi connectivity index (χ1n) is 8.91. The van der Waals surface area contributed by atoms with Crippen LogP contribution in [0, 0.1) is 0 Å². The molecule has 0 aliphatic heterocycles. The molecule has 0 saturated heterocycles. The third-order valence-corrected chi connectivity index (χ3v) is 6.15. The molecule has 2 heterocycles. The number of rotatable bonds is 5. The lowest BCUT2D eigenvalue weighted by Crippen LogP contribution is -2.22. The number of fused-ring (bicyclic) bond motifs is 1. The van der Waals surface area contributed by atoms with Crippen LogP contribution in [0.25, 0.3) is 22.7 Å². The van der Waals surface area contributed by atoms with Crippen molar-refractivity contribution >= 4 is 27.1 Å². The van der Waals surface area contributed by atoms with E-state index in [1.54, 1.807) is 36.5 Å². The van der Waals surface area contributed by atoms with Gasteiger partial charge in [-0.15, -0.1) is 0 Å².